The van der Waals surface area contributed by atoms with E-state index in [0.717, 1.165) is 26.9 Å². The van der Waals surface area contributed by atoms with E-state index < -0.39 is 17.7 Å². The van der Waals surface area contributed by atoms with E-state index in [1.165, 1.54) is 23.3 Å². The summed E-state index contributed by atoms with van der Waals surface area (Å²) in [6.45, 7) is 5.06. The number of nitrogens with zero attached hydrogens (tertiary/aromatic N) is 2. The Balaban J connectivity index is 1.36. The minimum atomic E-state index is -1.01. The van der Waals surface area contributed by atoms with Crippen molar-refractivity contribution in [2.24, 2.45) is 0 Å². The molecule has 232 valence electrons. The molecule has 1 saturated heterocycles. The Morgan fingerprint density at radius 3 is 2.52 bits per heavy atom. The van der Waals surface area contributed by atoms with Gasteiger partial charge < -0.3 is 24.1 Å². The van der Waals surface area contributed by atoms with Crippen LogP contribution in [0.4, 0.5) is 5.13 Å². The van der Waals surface area contributed by atoms with Gasteiger partial charge in [0.2, 0.25) is 0 Å². The van der Waals surface area contributed by atoms with Crippen LogP contribution in [0.25, 0.3) is 16.0 Å². The van der Waals surface area contributed by atoms with Crippen molar-refractivity contribution < 1.29 is 33.6 Å². The van der Waals surface area contributed by atoms with E-state index in [1.54, 1.807) is 36.4 Å². The number of anilines is 1. The predicted molar refractivity (Wildman–Crippen MR) is 175 cm³/mol. The molecule has 0 spiro atoms. The summed E-state index contributed by atoms with van der Waals surface area (Å²) in [5, 5.41) is 12.1. The van der Waals surface area contributed by atoms with Gasteiger partial charge in [0.25, 0.3) is 5.78 Å². The highest BCUT2D eigenvalue weighted by Gasteiger charge is 2.48. The van der Waals surface area contributed by atoms with Crippen molar-refractivity contribution in [3.05, 3.63) is 112 Å². The molecule has 1 unspecified atom stereocenters. The van der Waals surface area contributed by atoms with E-state index in [1.807, 2.05) is 56.3 Å². The number of hydrogen-bond donors (Lipinski definition) is 1. The Bertz CT molecular complexity index is 2040. The minimum Gasteiger partial charge on any atom is -0.507 e. The highest BCUT2D eigenvalue weighted by Crippen LogP contribution is 2.47. The van der Waals surface area contributed by atoms with Gasteiger partial charge >= 0.3 is 5.91 Å². The second-order valence-electron chi connectivity index (χ2n) is 11.1. The van der Waals surface area contributed by atoms with Gasteiger partial charge in [-0.15, -0.1) is 0 Å². The first kappa shape index (κ1) is 29.4. The van der Waals surface area contributed by atoms with Crippen molar-refractivity contribution >= 4 is 44.1 Å². The van der Waals surface area contributed by atoms with E-state index in [4.69, 9.17) is 23.9 Å². The summed E-state index contributed by atoms with van der Waals surface area (Å²) < 4.78 is 24.0. The van der Waals surface area contributed by atoms with Crippen molar-refractivity contribution in [2.45, 2.75) is 26.5 Å². The smallest absolute Gasteiger partial charge is 0.301 e. The van der Waals surface area contributed by atoms with E-state index >= 15 is 0 Å². The predicted octanol–water partition coefficient (Wildman–Crippen LogP) is 6.90. The molecule has 9 nitrogen and oxygen atoms in total. The molecule has 46 heavy (non-hydrogen) atoms. The molecule has 1 amide bonds. The molecule has 0 saturated carbocycles. The van der Waals surface area contributed by atoms with Crippen molar-refractivity contribution in [2.75, 3.05) is 25.2 Å². The molecule has 4 aromatic carbocycles. The van der Waals surface area contributed by atoms with E-state index in [9.17, 15) is 14.7 Å². The van der Waals surface area contributed by atoms with Gasteiger partial charge in [0.1, 0.15) is 25.6 Å². The maximum atomic E-state index is 13.9. The van der Waals surface area contributed by atoms with Gasteiger partial charge in [0.05, 0.1) is 28.9 Å². The van der Waals surface area contributed by atoms with Crippen molar-refractivity contribution in [1.29, 1.82) is 0 Å². The number of methoxy groups -OCH3 is 1. The summed E-state index contributed by atoms with van der Waals surface area (Å²) in [5.74, 6) is -0.0670. The lowest BCUT2D eigenvalue weighted by molar-refractivity contribution is -0.132. The number of thiazole rings is 1. The van der Waals surface area contributed by atoms with Crippen molar-refractivity contribution in [3.8, 4) is 23.0 Å². The van der Waals surface area contributed by atoms with Gasteiger partial charge in [0.15, 0.2) is 28.1 Å². The van der Waals surface area contributed by atoms with Crippen LogP contribution in [0, 0.1) is 13.8 Å². The molecule has 7 rings (SSSR count). The third-order valence-corrected chi connectivity index (χ3v) is 9.03. The molecule has 3 heterocycles. The fraction of sp³-hybridized carbons (Fsp3) is 0.194. The normalized spacial score (nSPS) is 17.0. The number of amides is 1. The van der Waals surface area contributed by atoms with Crippen molar-refractivity contribution in [1.82, 2.24) is 4.98 Å². The van der Waals surface area contributed by atoms with Gasteiger partial charge in [-0.2, -0.15) is 0 Å². The largest absolute Gasteiger partial charge is 0.507 e. The molecule has 1 aromatic heterocycles. The number of fused-ring (bicyclic) bond motifs is 2. The topological polar surface area (TPSA) is 107 Å². The second-order valence-corrected chi connectivity index (χ2v) is 12.1. The fourth-order valence-electron chi connectivity index (χ4n) is 5.86. The number of ether oxygens (including phenoxy) is 4. The quantitative estimate of drug-likeness (QED) is 0.117. The van der Waals surface area contributed by atoms with Crippen LogP contribution >= 0.6 is 11.3 Å². The maximum absolute atomic E-state index is 13.9. The second kappa shape index (κ2) is 11.9. The Morgan fingerprint density at radius 2 is 1.74 bits per heavy atom. The molecule has 1 fully saturated rings. The number of aliphatic hydroxyl groups excluding tert-OH is 1. The monoisotopic (exact) mass is 634 g/mol. The van der Waals surface area contributed by atoms with Crippen LogP contribution in [-0.4, -0.2) is 42.1 Å². The van der Waals surface area contributed by atoms with Crippen molar-refractivity contribution in [3.63, 3.8) is 0 Å². The average Bonchev–Trinajstić information content (AvgIpc) is 3.61. The first-order chi connectivity index (χ1) is 22.3. The number of Topliss-reactive ketones (excluding diaryl/α,β-unsaturated/α-hetero) is 1. The first-order valence-electron chi connectivity index (χ1n) is 14.8. The molecule has 2 aliphatic heterocycles. The Hall–Kier alpha value is -5.35. The summed E-state index contributed by atoms with van der Waals surface area (Å²) in [7, 11) is 1.53. The van der Waals surface area contributed by atoms with Crippen LogP contribution in [0.3, 0.4) is 0 Å². The number of aromatic nitrogens is 1. The van der Waals surface area contributed by atoms with Crippen LogP contribution < -0.4 is 23.8 Å². The summed E-state index contributed by atoms with van der Waals surface area (Å²) in [6, 6.07) is 22.9. The minimum absolute atomic E-state index is 0.0751. The zero-order valence-electron chi connectivity index (χ0n) is 25.4. The Labute approximate surface area is 269 Å². The Kier molecular flexibility index (Phi) is 7.58. The first-order valence-corrected chi connectivity index (χ1v) is 15.6. The highest BCUT2D eigenvalue weighted by atomic mass is 32.1. The number of carbonyl (C=O) groups excluding carboxylic acids is 2. The molecular formula is C36H30N2O7S. The third-order valence-electron chi connectivity index (χ3n) is 8.03. The number of carbonyl (C=O) groups is 2. The van der Waals surface area contributed by atoms with Crippen LogP contribution in [0.1, 0.15) is 33.9 Å². The fourth-order valence-corrected chi connectivity index (χ4v) is 7.03. The Morgan fingerprint density at radius 1 is 0.957 bits per heavy atom. The van der Waals surface area contributed by atoms with Gasteiger partial charge in [-0.25, -0.2) is 4.98 Å². The number of benzene rings is 4. The summed E-state index contributed by atoms with van der Waals surface area (Å²) in [5.41, 5.74) is 4.54. The van der Waals surface area contributed by atoms with Crippen LogP contribution in [-0.2, 0) is 16.2 Å². The lowest BCUT2D eigenvalue weighted by Gasteiger charge is -2.24. The van der Waals surface area contributed by atoms with Gasteiger partial charge in [0, 0.05) is 5.56 Å². The summed E-state index contributed by atoms with van der Waals surface area (Å²) in [4.78, 5) is 33.9. The van der Waals surface area contributed by atoms with Gasteiger partial charge in [-0.3, -0.25) is 14.5 Å². The van der Waals surface area contributed by atoms with E-state index in [-0.39, 0.29) is 11.3 Å². The molecule has 1 N–H and O–H groups in total. The number of ketones is 1. The van der Waals surface area contributed by atoms with E-state index in [2.05, 4.69) is 0 Å². The van der Waals surface area contributed by atoms with Gasteiger partial charge in [-0.05, 0) is 72.5 Å². The number of hydrogen-bond acceptors (Lipinski definition) is 9. The standard InChI is InChI=1S/C36H30N2O7S/c1-20-15-21(2)31-29(16-20)46-36(37-31)38-32(23-9-11-25(27(17-23)42-3)45-19-22-7-5-4-6-8-22)30(34(40)35(38)41)33(39)24-10-12-26-28(18-24)44-14-13-43-26/h4-12,15-18,32,39H,13-14,19H2,1-3H3/b33-30-. The average molecular weight is 635 g/mol. The third kappa shape index (κ3) is 5.20. The molecule has 0 aliphatic carbocycles. The molecule has 5 aromatic rings. The van der Waals surface area contributed by atoms with Crippen LogP contribution in [0.2, 0.25) is 0 Å². The SMILES string of the molecule is COc1cc(C2/C(=C(/O)c3ccc4c(c3)OCCO4)C(=O)C(=O)N2c2nc3c(C)cc(C)cc3s2)ccc1OCc1ccccc1. The summed E-state index contributed by atoms with van der Waals surface area (Å²) >= 11 is 1.32. The van der Waals surface area contributed by atoms with E-state index in [0.29, 0.717) is 59.1 Å². The number of aliphatic hydroxyl groups is 1. The lowest BCUT2D eigenvalue weighted by atomic mass is 9.95. The lowest BCUT2D eigenvalue weighted by Crippen LogP contribution is -2.29. The van der Waals surface area contributed by atoms with Crippen LogP contribution in [0.15, 0.2) is 84.4 Å². The molecule has 0 radical (unpaired) electrons. The highest BCUT2D eigenvalue weighted by molar-refractivity contribution is 7.22. The summed E-state index contributed by atoms with van der Waals surface area (Å²) in [6.07, 6.45) is 0. The number of rotatable bonds is 7. The maximum Gasteiger partial charge on any atom is 0.301 e. The molecule has 0 bridgehead atoms. The molecule has 1 atom stereocenters. The zero-order chi connectivity index (χ0) is 31.9. The zero-order valence-corrected chi connectivity index (χ0v) is 26.2. The number of aryl methyl sites for hydroxylation is 2. The van der Waals surface area contributed by atoms with Gasteiger partial charge in [-0.1, -0.05) is 53.8 Å². The molecule has 2 aliphatic rings. The molecule has 10 heteroatoms. The van der Waals surface area contributed by atoms with Crippen LogP contribution in [0.5, 0.6) is 23.0 Å². The molecular weight excluding hydrogens is 604 g/mol.